The molecule has 11 rings (SSSR count). The molecule has 2 aromatic heterocycles. The van der Waals surface area contributed by atoms with E-state index in [2.05, 4.69) is 250 Å². The maximum absolute atomic E-state index is 4.58. The SMILES string of the molecule is C=C(/C=C\C=C/C)N(c1ccc(-c2ccc(N(c3ccccc3)c3ccc4c(c3)c3ccccc3n4-c3ccccc3)cc2)cc1)c1ccc2c(c1)c1ccccc1n2C1=CC=CCC1. The topological polar surface area (TPSA) is 16.3 Å². The Morgan fingerprint density at radius 1 is 0.492 bits per heavy atom. The number of benzene rings is 8. The molecule has 0 spiro atoms. The van der Waals surface area contributed by atoms with Gasteiger partial charge in [-0.15, -0.1) is 0 Å². The Kier molecular flexibility index (Phi) is 10.4. The van der Waals surface area contributed by atoms with Crippen molar-refractivity contribution in [3.8, 4) is 16.8 Å². The van der Waals surface area contributed by atoms with Crippen LogP contribution in [-0.2, 0) is 0 Å². The zero-order valence-electron chi connectivity index (χ0n) is 36.4. The summed E-state index contributed by atoms with van der Waals surface area (Å²) in [5.74, 6) is 0. The minimum absolute atomic E-state index is 0.882. The van der Waals surface area contributed by atoms with Crippen molar-refractivity contribution in [1.82, 2.24) is 9.13 Å². The summed E-state index contributed by atoms with van der Waals surface area (Å²) in [6.07, 6.45) is 17.0. The molecule has 4 heteroatoms. The van der Waals surface area contributed by atoms with Crippen LogP contribution in [-0.4, -0.2) is 9.13 Å². The van der Waals surface area contributed by atoms with Crippen molar-refractivity contribution in [2.45, 2.75) is 19.8 Å². The molecule has 0 N–H and O–H groups in total. The van der Waals surface area contributed by atoms with E-state index in [1.54, 1.807) is 0 Å². The molecule has 1 aliphatic carbocycles. The molecule has 2 heterocycles. The fourth-order valence-corrected chi connectivity index (χ4v) is 9.60. The van der Waals surface area contributed by atoms with Gasteiger partial charge in [-0.05, 0) is 140 Å². The Bertz CT molecular complexity index is 3490. The monoisotopic (exact) mass is 836 g/mol. The quantitative estimate of drug-likeness (QED) is 0.121. The summed E-state index contributed by atoms with van der Waals surface area (Å²) in [7, 11) is 0. The van der Waals surface area contributed by atoms with Crippen molar-refractivity contribution in [3.05, 3.63) is 249 Å². The Hall–Kier alpha value is -8.34. The van der Waals surface area contributed by atoms with Crippen LogP contribution in [0.5, 0.6) is 0 Å². The fourth-order valence-electron chi connectivity index (χ4n) is 9.60. The highest BCUT2D eigenvalue weighted by atomic mass is 15.2. The third-order valence-electron chi connectivity index (χ3n) is 12.6. The van der Waals surface area contributed by atoms with Gasteiger partial charge in [0.25, 0.3) is 0 Å². The Balaban J connectivity index is 0.944. The molecule has 0 saturated carbocycles. The largest absolute Gasteiger partial charge is 0.313 e. The average molecular weight is 837 g/mol. The average Bonchev–Trinajstić information content (AvgIpc) is 3.88. The standard InChI is InChI=1S/C61H48N4/c1-3-4-8-19-44(2)62(52-38-40-60-56(42-52)54-26-15-17-28-58(54)64(60)48-22-11-6-12-23-48)50-34-30-45(31-35-50)46-32-36-51(37-33-46)63(47-20-9-5-10-21-47)53-39-41-61-57(43-53)55-27-16-18-29-59(55)65(61)49-24-13-7-14-25-49/h3-11,13-22,24-43H,2,12,23H2,1H3/b4-3-,19-8-. The number of nitrogens with zero attached hydrogens (tertiary/aromatic N) is 4. The van der Waals surface area contributed by atoms with E-state index >= 15 is 0 Å². The lowest BCUT2D eigenvalue weighted by Crippen LogP contribution is -2.14. The molecule has 0 aliphatic heterocycles. The third-order valence-corrected chi connectivity index (χ3v) is 12.6. The molecule has 10 aromatic rings. The first-order valence-electron chi connectivity index (χ1n) is 22.5. The van der Waals surface area contributed by atoms with Gasteiger partial charge in [-0.25, -0.2) is 0 Å². The summed E-state index contributed by atoms with van der Waals surface area (Å²) in [6, 6.07) is 70.2. The number of fused-ring (bicyclic) bond motifs is 6. The lowest BCUT2D eigenvalue weighted by Gasteiger charge is -2.26. The first-order chi connectivity index (χ1) is 32.1. The first-order valence-corrected chi connectivity index (χ1v) is 22.5. The van der Waals surface area contributed by atoms with E-state index < -0.39 is 0 Å². The van der Waals surface area contributed by atoms with E-state index in [0.29, 0.717) is 0 Å². The number of para-hydroxylation sites is 4. The second-order valence-corrected chi connectivity index (χ2v) is 16.5. The minimum Gasteiger partial charge on any atom is -0.313 e. The van der Waals surface area contributed by atoms with Crippen LogP contribution in [0.4, 0.5) is 28.4 Å². The summed E-state index contributed by atoms with van der Waals surface area (Å²) in [4.78, 5) is 4.61. The van der Waals surface area contributed by atoms with Gasteiger partial charge in [-0.1, -0.05) is 134 Å². The zero-order valence-corrected chi connectivity index (χ0v) is 36.4. The molecule has 0 fully saturated rings. The normalized spacial score (nSPS) is 12.8. The van der Waals surface area contributed by atoms with Gasteiger partial charge in [0, 0.05) is 67.1 Å². The fraction of sp³-hybridized carbons (Fsp3) is 0.0492. The van der Waals surface area contributed by atoms with Crippen LogP contribution < -0.4 is 9.80 Å². The van der Waals surface area contributed by atoms with Gasteiger partial charge in [0.1, 0.15) is 0 Å². The molecule has 312 valence electrons. The summed E-state index contributed by atoms with van der Waals surface area (Å²) < 4.78 is 4.80. The summed E-state index contributed by atoms with van der Waals surface area (Å²) in [5.41, 5.74) is 15.9. The van der Waals surface area contributed by atoms with Crippen LogP contribution in [0.1, 0.15) is 19.8 Å². The third kappa shape index (κ3) is 7.25. The van der Waals surface area contributed by atoms with Gasteiger partial charge in [-0.2, -0.15) is 0 Å². The van der Waals surface area contributed by atoms with Crippen molar-refractivity contribution in [2.75, 3.05) is 9.80 Å². The molecule has 1 aliphatic rings. The molecule has 0 bridgehead atoms. The van der Waals surface area contributed by atoms with E-state index in [-0.39, 0.29) is 0 Å². The van der Waals surface area contributed by atoms with Crippen molar-refractivity contribution in [2.24, 2.45) is 0 Å². The maximum atomic E-state index is 4.58. The lowest BCUT2D eigenvalue weighted by atomic mass is 10.0. The summed E-state index contributed by atoms with van der Waals surface area (Å²) in [6.45, 7) is 6.61. The van der Waals surface area contributed by atoms with Crippen LogP contribution in [0, 0.1) is 0 Å². The Morgan fingerprint density at radius 2 is 1.02 bits per heavy atom. The number of rotatable bonds is 11. The van der Waals surface area contributed by atoms with E-state index in [4.69, 9.17) is 0 Å². The van der Waals surface area contributed by atoms with Gasteiger partial charge in [0.2, 0.25) is 0 Å². The highest BCUT2D eigenvalue weighted by Crippen LogP contribution is 2.42. The molecule has 0 saturated heterocycles. The van der Waals surface area contributed by atoms with Crippen molar-refractivity contribution >= 4 is 77.7 Å². The number of anilines is 5. The Morgan fingerprint density at radius 3 is 1.66 bits per heavy atom. The molecule has 0 atom stereocenters. The highest BCUT2D eigenvalue weighted by Gasteiger charge is 2.20. The lowest BCUT2D eigenvalue weighted by molar-refractivity contribution is 0.979. The van der Waals surface area contributed by atoms with Gasteiger partial charge >= 0.3 is 0 Å². The van der Waals surface area contributed by atoms with Crippen molar-refractivity contribution in [1.29, 1.82) is 0 Å². The van der Waals surface area contributed by atoms with Crippen molar-refractivity contribution < 1.29 is 0 Å². The van der Waals surface area contributed by atoms with Crippen molar-refractivity contribution in [3.63, 3.8) is 0 Å². The molecule has 0 amide bonds. The summed E-state index contributed by atoms with van der Waals surface area (Å²) in [5, 5.41) is 4.92. The van der Waals surface area contributed by atoms with E-state index in [1.165, 1.54) is 49.3 Å². The molecular formula is C61H48N4. The van der Waals surface area contributed by atoms with Gasteiger partial charge in [-0.3, -0.25) is 0 Å². The number of allylic oxidation sites excluding steroid dienone is 8. The van der Waals surface area contributed by atoms with Crippen LogP contribution >= 0.6 is 0 Å². The molecule has 0 unspecified atom stereocenters. The van der Waals surface area contributed by atoms with E-state index in [0.717, 1.165) is 63.8 Å². The number of hydrogen-bond acceptors (Lipinski definition) is 2. The first kappa shape index (κ1) is 39.5. The van der Waals surface area contributed by atoms with Crippen LogP contribution in [0.3, 0.4) is 0 Å². The smallest absolute Gasteiger partial charge is 0.0542 e. The Labute approximate surface area is 380 Å². The van der Waals surface area contributed by atoms with Gasteiger partial charge in [0.05, 0.1) is 22.1 Å². The molecular weight excluding hydrogens is 789 g/mol. The van der Waals surface area contributed by atoms with Gasteiger partial charge < -0.3 is 18.9 Å². The minimum atomic E-state index is 0.882. The number of aromatic nitrogens is 2. The predicted octanol–water partition coefficient (Wildman–Crippen LogP) is 17.0. The maximum Gasteiger partial charge on any atom is 0.0542 e. The van der Waals surface area contributed by atoms with E-state index in [1.807, 2.05) is 19.1 Å². The van der Waals surface area contributed by atoms with Crippen LogP contribution in [0.2, 0.25) is 0 Å². The predicted molar refractivity (Wildman–Crippen MR) is 278 cm³/mol. The second kappa shape index (κ2) is 17.1. The molecule has 0 radical (unpaired) electrons. The summed E-state index contributed by atoms with van der Waals surface area (Å²) >= 11 is 0. The highest BCUT2D eigenvalue weighted by molar-refractivity contribution is 6.12. The van der Waals surface area contributed by atoms with E-state index in [9.17, 15) is 0 Å². The number of hydrogen-bond donors (Lipinski definition) is 0. The van der Waals surface area contributed by atoms with Crippen LogP contribution in [0.25, 0.3) is 66.1 Å². The molecule has 4 nitrogen and oxygen atoms in total. The molecule has 8 aromatic carbocycles. The molecule has 65 heavy (non-hydrogen) atoms. The van der Waals surface area contributed by atoms with Crippen LogP contribution in [0.15, 0.2) is 249 Å². The van der Waals surface area contributed by atoms with Gasteiger partial charge in [0.15, 0.2) is 0 Å². The second-order valence-electron chi connectivity index (χ2n) is 16.5. The zero-order chi connectivity index (χ0) is 43.7.